The average Bonchev–Trinajstić information content (AvgIpc) is 1.34. The molecule has 0 aliphatic carbocycles. The highest BCUT2D eigenvalue weighted by Crippen LogP contribution is 2.56. The van der Waals surface area contributed by atoms with Gasteiger partial charge >= 0.3 is 0 Å². The predicted molar refractivity (Wildman–Crippen MR) is 638 cm³/mol. The molecule has 0 atom stereocenters. The van der Waals surface area contributed by atoms with Gasteiger partial charge in [0.15, 0.2) is 0 Å². The van der Waals surface area contributed by atoms with Crippen molar-refractivity contribution in [1.29, 1.82) is 0 Å². The Morgan fingerprint density at radius 2 is 0.376 bits per heavy atom. The third-order valence-electron chi connectivity index (χ3n) is 32.6. The highest BCUT2D eigenvalue weighted by molar-refractivity contribution is 6.36. The first kappa shape index (κ1) is 87.3. The summed E-state index contributed by atoms with van der Waals surface area (Å²) in [5.74, 6) is 0. The summed E-state index contributed by atoms with van der Waals surface area (Å²) in [4.78, 5) is 0. The van der Waals surface area contributed by atoms with Crippen LogP contribution in [0.4, 0.5) is 0 Å². The second-order valence-corrected chi connectivity index (χ2v) is 43.0. The van der Waals surface area contributed by atoms with E-state index in [4.69, 9.17) is 13.3 Å². The van der Waals surface area contributed by atoms with Crippen molar-refractivity contribution in [3.8, 4) is 100 Å². The Labute approximate surface area is 862 Å². The van der Waals surface area contributed by atoms with Crippen LogP contribution in [0, 0.1) is 13.8 Å². The summed E-state index contributed by atoms with van der Waals surface area (Å²) in [6.45, 7) is 18.1. The molecule has 702 valence electrons. The number of hydrogen-bond donors (Lipinski definition) is 0. The standard InChI is InChI=1S/C50H32O.C48H28O.C48H40O/c1-29-18-22-36(34-12-5-3-10-32(29)34)37-24-20-31-21-25-41-45(38-23-19-30(2)33-11-4-6-13-35(33)38)28-46(42-27-26-40(37)48(31)49(41)42)44-16-9-15-43-39-14-7-8-17-47(39)51-50(43)44;1-3-14-32-29(10-1)12-7-17-34(32)36-24-22-31-23-25-39-43(35-18-8-13-30-11-2-4-15-33(30)35)28-44(40-27-26-38(36)46(31)47(39)40)42-20-9-19-41-37-16-5-6-21-45(37)49-48(41)42;1-47(2,3)32-20-14-29(15-21-32)34-24-18-31-19-25-37-41(30-16-22-33(23-17-30)48(4,5)6)28-42(38-27-26-36(34)44(31)45(37)38)40-12-9-11-39-35-10-7-8-13-43(35)49-46(39)40/h3-28H,1-2H3;1-28H;7-28H,1-6H3. The van der Waals surface area contributed by atoms with Gasteiger partial charge in [-0.15, -0.1) is 0 Å². The molecule has 3 aromatic heterocycles. The van der Waals surface area contributed by atoms with Crippen molar-refractivity contribution in [3.63, 3.8) is 0 Å². The van der Waals surface area contributed by atoms with Gasteiger partial charge in [0.1, 0.15) is 33.5 Å². The van der Waals surface area contributed by atoms with Gasteiger partial charge in [-0.3, -0.25) is 0 Å². The maximum absolute atomic E-state index is 6.69. The molecule has 0 amide bonds. The van der Waals surface area contributed by atoms with E-state index in [1.54, 1.807) is 0 Å². The van der Waals surface area contributed by atoms with Crippen molar-refractivity contribution < 1.29 is 13.3 Å². The molecule has 31 rings (SSSR count). The monoisotopic (exact) mass is 1900 g/mol. The first-order chi connectivity index (χ1) is 73.0. The molecule has 0 bridgehead atoms. The smallest absolute Gasteiger partial charge is 0.143 e. The second kappa shape index (κ2) is 33.7. The minimum atomic E-state index is 0.0881. The number of rotatable bonds is 9. The van der Waals surface area contributed by atoms with Crippen LogP contribution in [0.5, 0.6) is 0 Å². The summed E-state index contributed by atoms with van der Waals surface area (Å²) in [5, 5.41) is 40.0. The van der Waals surface area contributed by atoms with Gasteiger partial charge in [0.25, 0.3) is 0 Å². The largest absolute Gasteiger partial charge is 0.455 e. The maximum atomic E-state index is 6.69. The Balaban J connectivity index is 0.000000105. The molecule has 0 aliphatic heterocycles. The molecule has 3 heterocycles. The lowest BCUT2D eigenvalue weighted by Crippen LogP contribution is -2.10. The number of para-hydroxylation sites is 6. The van der Waals surface area contributed by atoms with Gasteiger partial charge < -0.3 is 13.3 Å². The first-order valence-corrected chi connectivity index (χ1v) is 52.1. The fourth-order valence-corrected chi connectivity index (χ4v) is 25.2. The van der Waals surface area contributed by atoms with E-state index in [0.29, 0.717) is 0 Å². The second-order valence-electron chi connectivity index (χ2n) is 43.0. The molecule has 31 aromatic rings. The number of hydrogen-bond acceptors (Lipinski definition) is 3. The van der Waals surface area contributed by atoms with Crippen LogP contribution in [0.15, 0.2) is 474 Å². The highest BCUT2D eigenvalue weighted by Gasteiger charge is 2.30. The van der Waals surface area contributed by atoms with E-state index in [1.165, 1.54) is 246 Å². The van der Waals surface area contributed by atoms with Crippen LogP contribution in [-0.2, 0) is 10.8 Å². The SMILES string of the molecule is CC(C)(C)c1ccc(-c2ccc3ccc4c(-c5ccc(C(C)(C)C)cc5)cc(-c5cccc6c5oc5ccccc56)c5ccc2c3c45)cc1.Cc1ccc(-c2ccc3ccc4c(-c5ccc(C)c6ccccc56)cc(-c5cccc6c5oc5ccccc56)c5ccc2c3c45)c2ccccc12.c1ccc2c(-c3ccc4ccc5c(-c6cccc7ccccc67)cc(-c6cccc7c6oc6ccccc67)c6ccc3c4c56)cccc2c1. The topological polar surface area (TPSA) is 39.4 Å². The summed E-state index contributed by atoms with van der Waals surface area (Å²) >= 11 is 0. The molecule has 0 saturated carbocycles. The molecule has 0 N–H and O–H groups in total. The Morgan fingerprint density at radius 3 is 0.758 bits per heavy atom. The molecule has 28 aromatic carbocycles. The van der Waals surface area contributed by atoms with Gasteiger partial charge in [-0.1, -0.05) is 466 Å². The summed E-state index contributed by atoms with van der Waals surface area (Å²) in [5.41, 5.74) is 32.9. The fourth-order valence-electron chi connectivity index (χ4n) is 25.2. The number of aryl methyl sites for hydroxylation is 2. The Morgan fingerprint density at radius 1 is 0.141 bits per heavy atom. The van der Waals surface area contributed by atoms with E-state index in [2.05, 4.69) is 504 Å². The van der Waals surface area contributed by atoms with Gasteiger partial charge in [0.2, 0.25) is 0 Å². The summed E-state index contributed by atoms with van der Waals surface area (Å²) in [6.07, 6.45) is 0. The molecule has 0 saturated heterocycles. The van der Waals surface area contributed by atoms with E-state index in [0.717, 1.165) is 82.5 Å². The van der Waals surface area contributed by atoms with Crippen molar-refractivity contribution in [2.75, 3.05) is 0 Å². The van der Waals surface area contributed by atoms with E-state index in [9.17, 15) is 0 Å². The van der Waals surface area contributed by atoms with Gasteiger partial charge in [-0.05, 0) is 307 Å². The van der Waals surface area contributed by atoms with Crippen molar-refractivity contribution in [3.05, 3.63) is 483 Å². The third kappa shape index (κ3) is 13.8. The van der Waals surface area contributed by atoms with E-state index in [1.807, 2.05) is 12.1 Å². The van der Waals surface area contributed by atoms with Crippen LogP contribution < -0.4 is 0 Å². The van der Waals surface area contributed by atoms with Crippen molar-refractivity contribution in [2.24, 2.45) is 0 Å². The zero-order valence-corrected chi connectivity index (χ0v) is 84.1. The summed E-state index contributed by atoms with van der Waals surface area (Å²) < 4.78 is 20.0. The number of benzene rings is 28. The summed E-state index contributed by atoms with van der Waals surface area (Å²) in [7, 11) is 0. The van der Waals surface area contributed by atoms with Crippen LogP contribution >= 0.6 is 0 Å². The molecule has 0 spiro atoms. The van der Waals surface area contributed by atoms with Gasteiger partial charge in [0.05, 0.1) is 0 Å². The van der Waals surface area contributed by atoms with Gasteiger partial charge in [-0.25, -0.2) is 0 Å². The molecular formula is C146H100O3. The lowest BCUT2D eigenvalue weighted by Gasteiger charge is -2.22. The Hall–Kier alpha value is -18.3. The maximum Gasteiger partial charge on any atom is 0.143 e. The Kier molecular flexibility index (Phi) is 19.7. The fraction of sp³-hybridized carbons (Fsp3) is 0.0685. The minimum absolute atomic E-state index is 0.0881. The molecular weight excluding hydrogens is 1800 g/mol. The van der Waals surface area contributed by atoms with Crippen LogP contribution in [-0.4, -0.2) is 0 Å². The first-order valence-electron chi connectivity index (χ1n) is 52.1. The minimum Gasteiger partial charge on any atom is -0.455 e. The molecule has 3 nitrogen and oxygen atoms in total. The van der Waals surface area contributed by atoms with E-state index in [-0.39, 0.29) is 10.8 Å². The molecule has 149 heavy (non-hydrogen) atoms. The van der Waals surface area contributed by atoms with Crippen LogP contribution in [0.25, 0.3) is 306 Å². The van der Waals surface area contributed by atoms with Crippen molar-refractivity contribution in [2.45, 2.75) is 66.2 Å². The van der Waals surface area contributed by atoms with Crippen molar-refractivity contribution >= 4 is 206 Å². The zero-order valence-electron chi connectivity index (χ0n) is 84.1. The van der Waals surface area contributed by atoms with Crippen LogP contribution in [0.3, 0.4) is 0 Å². The van der Waals surface area contributed by atoms with E-state index >= 15 is 0 Å². The van der Waals surface area contributed by atoms with Crippen LogP contribution in [0.1, 0.15) is 63.8 Å². The number of fused-ring (bicyclic) bond motifs is 13. The number of furan rings is 3. The van der Waals surface area contributed by atoms with Gasteiger partial charge in [-0.2, -0.15) is 0 Å². The average molecular weight is 1900 g/mol. The quantitative estimate of drug-likeness (QED) is 0.135. The molecule has 0 unspecified atom stereocenters. The molecule has 3 heteroatoms. The lowest BCUT2D eigenvalue weighted by atomic mass is 9.82. The van der Waals surface area contributed by atoms with E-state index < -0.39 is 0 Å². The third-order valence-corrected chi connectivity index (χ3v) is 32.6. The van der Waals surface area contributed by atoms with Crippen molar-refractivity contribution in [1.82, 2.24) is 0 Å². The Bertz CT molecular complexity index is 11000. The predicted octanol–water partition coefficient (Wildman–Crippen LogP) is 42.3. The summed E-state index contributed by atoms with van der Waals surface area (Å²) in [6, 6.07) is 170. The lowest BCUT2D eigenvalue weighted by molar-refractivity contribution is 0.590. The molecule has 0 radical (unpaired) electrons. The van der Waals surface area contributed by atoms with Gasteiger partial charge in [0, 0.05) is 49.0 Å². The van der Waals surface area contributed by atoms with Crippen LogP contribution in [0.2, 0.25) is 0 Å². The zero-order chi connectivity index (χ0) is 99.5. The highest BCUT2D eigenvalue weighted by atomic mass is 16.3. The molecule has 0 aliphatic rings. The normalized spacial score (nSPS) is 12.3. The molecule has 0 fully saturated rings.